The number of anilines is 1. The highest BCUT2D eigenvalue weighted by molar-refractivity contribution is 5.94. The molecule has 36 heavy (non-hydrogen) atoms. The second-order valence-corrected chi connectivity index (χ2v) is 8.65. The molecule has 2 heterocycles. The molecule has 0 aliphatic carbocycles. The van der Waals surface area contributed by atoms with Crippen LogP contribution < -0.4 is 19.7 Å². The van der Waals surface area contributed by atoms with E-state index in [2.05, 4.69) is 15.1 Å². The van der Waals surface area contributed by atoms with E-state index in [1.807, 2.05) is 18.2 Å². The van der Waals surface area contributed by atoms with E-state index < -0.39 is 4.92 Å². The van der Waals surface area contributed by atoms with Crippen molar-refractivity contribution >= 4 is 17.3 Å². The van der Waals surface area contributed by atoms with Gasteiger partial charge in [0.15, 0.2) is 11.5 Å². The molecule has 186 valence electrons. The molecule has 3 aromatic carbocycles. The van der Waals surface area contributed by atoms with Crippen LogP contribution in [0.25, 0.3) is 0 Å². The van der Waals surface area contributed by atoms with Crippen molar-refractivity contribution in [3.63, 3.8) is 0 Å². The number of hydrogen-bond donors (Lipinski definition) is 1. The molecule has 1 amide bonds. The number of nitro groups is 1. The minimum Gasteiger partial charge on any atom is -0.454 e. The van der Waals surface area contributed by atoms with Gasteiger partial charge in [0.05, 0.1) is 11.0 Å². The van der Waals surface area contributed by atoms with Crippen molar-refractivity contribution < 1.29 is 23.6 Å². The van der Waals surface area contributed by atoms with Gasteiger partial charge in [-0.05, 0) is 48.0 Å². The van der Waals surface area contributed by atoms with Gasteiger partial charge in [-0.1, -0.05) is 12.1 Å². The van der Waals surface area contributed by atoms with Crippen LogP contribution in [0, 0.1) is 15.9 Å². The zero-order chi connectivity index (χ0) is 25.1. The highest BCUT2D eigenvalue weighted by Gasteiger charge is 2.28. The molecule has 5 rings (SSSR count). The molecule has 1 atom stereocenters. The lowest BCUT2D eigenvalue weighted by molar-refractivity contribution is -0.384. The zero-order valence-electron chi connectivity index (χ0n) is 19.4. The number of hydrogen-bond acceptors (Lipinski definition) is 7. The number of rotatable bonds is 7. The lowest BCUT2D eigenvalue weighted by Gasteiger charge is -2.40. The first-order chi connectivity index (χ1) is 17.5. The maximum Gasteiger partial charge on any atom is 0.270 e. The van der Waals surface area contributed by atoms with E-state index in [1.54, 1.807) is 18.2 Å². The Kier molecular flexibility index (Phi) is 6.68. The third kappa shape index (κ3) is 5.08. The number of nitrogens with zero attached hydrogens (tertiary/aromatic N) is 3. The van der Waals surface area contributed by atoms with Gasteiger partial charge >= 0.3 is 0 Å². The molecule has 3 aromatic rings. The average molecular weight is 493 g/mol. The number of carbonyl (C=O) groups is 1. The van der Waals surface area contributed by atoms with Gasteiger partial charge in [0.2, 0.25) is 6.79 Å². The Hall–Kier alpha value is -4.18. The molecule has 0 bridgehead atoms. The maximum absolute atomic E-state index is 13.3. The monoisotopic (exact) mass is 492 g/mol. The number of nitrogens with one attached hydrogen (secondary N) is 1. The Morgan fingerprint density at radius 1 is 1.00 bits per heavy atom. The molecule has 0 spiro atoms. The normalized spacial score (nSPS) is 16.0. The molecule has 1 fully saturated rings. The Labute approximate surface area is 207 Å². The number of nitro benzene ring substituents is 1. The summed E-state index contributed by atoms with van der Waals surface area (Å²) in [5.74, 6) is 0.695. The summed E-state index contributed by atoms with van der Waals surface area (Å²) in [6.07, 6.45) is 0. The van der Waals surface area contributed by atoms with Gasteiger partial charge in [-0.25, -0.2) is 4.39 Å². The van der Waals surface area contributed by atoms with Crippen LogP contribution in [0.2, 0.25) is 0 Å². The minimum atomic E-state index is -0.521. The lowest BCUT2D eigenvalue weighted by Crippen LogP contribution is -2.50. The number of halogens is 1. The molecule has 2 aliphatic heterocycles. The van der Waals surface area contributed by atoms with Crippen LogP contribution in [0.15, 0.2) is 66.7 Å². The summed E-state index contributed by atoms with van der Waals surface area (Å²) in [7, 11) is 0. The average Bonchev–Trinajstić information content (AvgIpc) is 3.38. The maximum atomic E-state index is 13.3. The second kappa shape index (κ2) is 10.2. The van der Waals surface area contributed by atoms with E-state index >= 15 is 0 Å². The first kappa shape index (κ1) is 23.6. The van der Waals surface area contributed by atoms with Crippen LogP contribution in [-0.2, 0) is 0 Å². The Bertz CT molecular complexity index is 1260. The standard InChI is InChI=1S/C26H25FN4O5/c27-20-5-7-21(8-6-20)29-10-12-30(13-11-29)23(18-4-9-24-25(15-18)36-17-35-24)16-28-26(32)19-2-1-3-22(14-19)31(33)34/h1-9,14-15,23H,10-13,16-17H2,(H,28,32)/t23-/m0/s1. The van der Waals surface area contributed by atoms with Gasteiger partial charge < -0.3 is 19.7 Å². The van der Waals surface area contributed by atoms with Crippen LogP contribution >= 0.6 is 0 Å². The van der Waals surface area contributed by atoms with Crippen LogP contribution in [0.4, 0.5) is 15.8 Å². The highest BCUT2D eigenvalue weighted by Crippen LogP contribution is 2.36. The summed E-state index contributed by atoms with van der Waals surface area (Å²) in [5.41, 5.74) is 2.03. The van der Waals surface area contributed by atoms with Crippen LogP contribution in [-0.4, -0.2) is 55.2 Å². The molecule has 0 saturated carbocycles. The van der Waals surface area contributed by atoms with Crippen molar-refractivity contribution in [3.05, 3.63) is 93.8 Å². The number of piperazine rings is 1. The van der Waals surface area contributed by atoms with Gasteiger partial charge in [-0.2, -0.15) is 0 Å². The quantitative estimate of drug-likeness (QED) is 0.396. The summed E-state index contributed by atoms with van der Waals surface area (Å²) in [5, 5.41) is 14.0. The summed E-state index contributed by atoms with van der Waals surface area (Å²) in [4.78, 5) is 27.9. The predicted molar refractivity (Wildman–Crippen MR) is 131 cm³/mol. The van der Waals surface area contributed by atoms with Gasteiger partial charge in [0, 0.05) is 56.1 Å². The SMILES string of the molecule is O=C(NC[C@@H](c1ccc2c(c1)OCO2)N1CCN(c2ccc(F)cc2)CC1)c1cccc([N+](=O)[O-])c1. The third-order valence-electron chi connectivity index (χ3n) is 6.50. The van der Waals surface area contributed by atoms with Gasteiger partial charge in [-0.3, -0.25) is 19.8 Å². The molecule has 2 aliphatic rings. The van der Waals surface area contributed by atoms with Crippen molar-refractivity contribution in [2.45, 2.75) is 6.04 Å². The van der Waals surface area contributed by atoms with E-state index in [0.717, 1.165) is 37.4 Å². The Morgan fingerprint density at radius 3 is 2.50 bits per heavy atom. The second-order valence-electron chi connectivity index (χ2n) is 8.65. The molecule has 0 unspecified atom stereocenters. The van der Waals surface area contributed by atoms with Crippen LogP contribution in [0.5, 0.6) is 11.5 Å². The van der Waals surface area contributed by atoms with E-state index in [4.69, 9.17) is 9.47 Å². The van der Waals surface area contributed by atoms with Crippen LogP contribution in [0.3, 0.4) is 0 Å². The smallest absolute Gasteiger partial charge is 0.270 e. The van der Waals surface area contributed by atoms with E-state index in [-0.39, 0.29) is 35.8 Å². The first-order valence-electron chi connectivity index (χ1n) is 11.6. The Morgan fingerprint density at radius 2 is 1.75 bits per heavy atom. The fourth-order valence-corrected chi connectivity index (χ4v) is 4.57. The number of non-ortho nitro benzene ring substituents is 1. The molecular weight excluding hydrogens is 467 g/mol. The fourth-order valence-electron chi connectivity index (χ4n) is 4.57. The largest absolute Gasteiger partial charge is 0.454 e. The van der Waals surface area contributed by atoms with Crippen molar-refractivity contribution in [1.82, 2.24) is 10.2 Å². The number of ether oxygens (including phenoxy) is 2. The summed E-state index contributed by atoms with van der Waals surface area (Å²) in [6.45, 7) is 3.41. The predicted octanol–water partition coefficient (Wildman–Crippen LogP) is 3.76. The van der Waals surface area contributed by atoms with E-state index in [0.29, 0.717) is 18.0 Å². The molecular formula is C26H25FN4O5. The molecule has 10 heteroatoms. The van der Waals surface area contributed by atoms with Crippen molar-refractivity contribution in [2.24, 2.45) is 0 Å². The van der Waals surface area contributed by atoms with E-state index in [9.17, 15) is 19.3 Å². The lowest BCUT2D eigenvalue weighted by atomic mass is 10.0. The highest BCUT2D eigenvalue weighted by atomic mass is 19.1. The molecule has 0 radical (unpaired) electrons. The number of amides is 1. The molecule has 9 nitrogen and oxygen atoms in total. The number of fused-ring (bicyclic) bond motifs is 1. The molecule has 1 N–H and O–H groups in total. The number of carbonyl (C=O) groups excluding carboxylic acids is 1. The third-order valence-corrected chi connectivity index (χ3v) is 6.50. The van der Waals surface area contributed by atoms with Crippen molar-refractivity contribution in [1.29, 1.82) is 0 Å². The fraction of sp³-hybridized carbons (Fsp3) is 0.269. The Balaban J connectivity index is 1.32. The minimum absolute atomic E-state index is 0.133. The summed E-state index contributed by atoms with van der Waals surface area (Å²) < 4.78 is 24.3. The first-order valence-corrected chi connectivity index (χ1v) is 11.6. The van der Waals surface area contributed by atoms with Gasteiger partial charge in [0.25, 0.3) is 11.6 Å². The van der Waals surface area contributed by atoms with Crippen molar-refractivity contribution in [2.75, 3.05) is 44.4 Å². The number of benzene rings is 3. The molecule has 0 aromatic heterocycles. The zero-order valence-corrected chi connectivity index (χ0v) is 19.4. The van der Waals surface area contributed by atoms with Gasteiger partial charge in [0.1, 0.15) is 5.82 Å². The van der Waals surface area contributed by atoms with Crippen LogP contribution in [0.1, 0.15) is 22.0 Å². The summed E-state index contributed by atoms with van der Waals surface area (Å²) >= 11 is 0. The summed E-state index contributed by atoms with van der Waals surface area (Å²) in [6, 6.07) is 17.7. The topological polar surface area (TPSA) is 97.2 Å². The molecule has 1 saturated heterocycles. The van der Waals surface area contributed by atoms with Gasteiger partial charge in [-0.15, -0.1) is 0 Å². The van der Waals surface area contributed by atoms with Crippen molar-refractivity contribution in [3.8, 4) is 11.5 Å². The van der Waals surface area contributed by atoms with E-state index in [1.165, 1.54) is 30.3 Å².